The van der Waals surface area contributed by atoms with Gasteiger partial charge in [0.15, 0.2) is 0 Å². The van der Waals surface area contributed by atoms with Crippen molar-refractivity contribution in [2.24, 2.45) is 17.3 Å². The fourth-order valence-electron chi connectivity index (χ4n) is 5.73. The van der Waals surface area contributed by atoms with Crippen molar-refractivity contribution >= 4 is 5.97 Å². The second kappa shape index (κ2) is 3.02. The summed E-state index contributed by atoms with van der Waals surface area (Å²) in [4.78, 5) is 12.4. The number of carbonyl (C=O) groups excluding carboxylic acids is 1. The summed E-state index contributed by atoms with van der Waals surface area (Å²) in [5.41, 5.74) is -3.44. The van der Waals surface area contributed by atoms with Crippen molar-refractivity contribution in [1.29, 1.82) is 0 Å². The first kappa shape index (κ1) is 12.8. The highest BCUT2D eigenvalue weighted by atomic mass is 16.7. The van der Waals surface area contributed by atoms with E-state index in [1.165, 1.54) is 0 Å². The van der Waals surface area contributed by atoms with Gasteiger partial charge in [-0.1, -0.05) is 6.92 Å². The van der Waals surface area contributed by atoms with Crippen LogP contribution in [0.3, 0.4) is 0 Å². The van der Waals surface area contributed by atoms with Crippen LogP contribution < -0.4 is 0 Å². The van der Waals surface area contributed by atoms with Gasteiger partial charge >= 0.3 is 5.97 Å². The lowest BCUT2D eigenvalue weighted by atomic mass is 9.52. The van der Waals surface area contributed by atoms with Gasteiger partial charge in [0.1, 0.15) is 29.5 Å². The molecule has 0 radical (unpaired) electrons. The number of aliphatic hydroxyl groups is 2. The van der Waals surface area contributed by atoms with E-state index >= 15 is 0 Å². The predicted molar refractivity (Wildman–Crippen MR) is 68.2 cm³/mol. The van der Waals surface area contributed by atoms with Crippen molar-refractivity contribution in [1.82, 2.24) is 0 Å². The molecule has 2 N–H and O–H groups in total. The third-order valence-electron chi connectivity index (χ3n) is 6.84. The Hall–Kier alpha value is -0.690. The van der Waals surface area contributed by atoms with Gasteiger partial charge in [-0.05, 0) is 20.3 Å². The topological polar surface area (TPSA) is 91.8 Å². The minimum Gasteiger partial charge on any atom is -0.462 e. The van der Waals surface area contributed by atoms with E-state index in [4.69, 9.17) is 14.2 Å². The van der Waals surface area contributed by atoms with Crippen LogP contribution in [-0.2, 0) is 19.0 Å². The first-order valence-electron chi connectivity index (χ1n) is 7.61. The van der Waals surface area contributed by atoms with Crippen LogP contribution in [0, 0.1) is 17.3 Å². The van der Waals surface area contributed by atoms with Crippen molar-refractivity contribution in [3.05, 3.63) is 0 Å². The lowest BCUT2D eigenvalue weighted by Gasteiger charge is -2.53. The number of epoxide rings is 2. The van der Waals surface area contributed by atoms with Crippen molar-refractivity contribution in [2.75, 3.05) is 6.61 Å². The van der Waals surface area contributed by atoms with Crippen LogP contribution in [0.5, 0.6) is 0 Å². The molecule has 21 heavy (non-hydrogen) atoms. The highest BCUT2D eigenvalue weighted by Gasteiger charge is 2.92. The number of rotatable bonds is 1. The normalized spacial score (nSPS) is 63.3. The molecule has 5 rings (SSSR count). The van der Waals surface area contributed by atoms with Crippen LogP contribution in [0.2, 0.25) is 0 Å². The third-order valence-corrected chi connectivity index (χ3v) is 6.84. The molecule has 3 aliphatic heterocycles. The monoisotopic (exact) mass is 296 g/mol. The maximum atomic E-state index is 12.4. The van der Waals surface area contributed by atoms with E-state index in [-0.39, 0.29) is 18.3 Å². The summed E-state index contributed by atoms with van der Waals surface area (Å²) in [7, 11) is 0. The molecule has 0 aromatic heterocycles. The van der Waals surface area contributed by atoms with Crippen LogP contribution >= 0.6 is 0 Å². The number of fused-ring (bicyclic) bond motifs is 8. The Labute approximate surface area is 122 Å². The van der Waals surface area contributed by atoms with Crippen molar-refractivity contribution in [3.8, 4) is 0 Å². The summed E-state index contributed by atoms with van der Waals surface area (Å²) in [5, 5.41) is 22.0. The van der Waals surface area contributed by atoms with Gasteiger partial charge < -0.3 is 24.4 Å². The van der Waals surface area contributed by atoms with Crippen LogP contribution in [0.4, 0.5) is 0 Å². The van der Waals surface area contributed by atoms with E-state index in [0.717, 1.165) is 0 Å². The van der Waals surface area contributed by atoms with E-state index in [0.29, 0.717) is 13.0 Å². The van der Waals surface area contributed by atoms with Crippen LogP contribution in [0.15, 0.2) is 0 Å². The Balaban J connectivity index is 1.70. The Morgan fingerprint density at radius 3 is 2.57 bits per heavy atom. The Bertz CT molecular complexity index is 563. The summed E-state index contributed by atoms with van der Waals surface area (Å²) in [6, 6.07) is 0. The molecule has 0 aromatic carbocycles. The standard InChI is InChI=1S/C15H20O6/c1-12(2,17)7-6-4-13(3)14(5-19-14)9-10(21-9)15(13,18)8(7)11(16)20-6/h6-10,17-18H,4-5H2,1-3H3/t6-,7-,8-,9-,10+,13+,14-,15+/m1/s1. The summed E-state index contributed by atoms with van der Waals surface area (Å²) in [5.74, 6) is -1.58. The third kappa shape index (κ3) is 1.08. The number of esters is 1. The first-order valence-corrected chi connectivity index (χ1v) is 7.61. The fourth-order valence-corrected chi connectivity index (χ4v) is 5.73. The highest BCUT2D eigenvalue weighted by molar-refractivity contribution is 5.79. The zero-order chi connectivity index (χ0) is 15.0. The molecule has 8 atom stereocenters. The highest BCUT2D eigenvalue weighted by Crippen LogP contribution is 2.76. The first-order chi connectivity index (χ1) is 9.67. The number of hydrogen-bond acceptors (Lipinski definition) is 6. The van der Waals surface area contributed by atoms with Crippen molar-refractivity contribution in [2.45, 2.75) is 62.3 Å². The van der Waals surface area contributed by atoms with Gasteiger partial charge in [0.2, 0.25) is 0 Å². The molecule has 2 aliphatic carbocycles. The molecule has 3 heterocycles. The average Bonchev–Trinajstić information content (AvgIpc) is 3.18. The maximum Gasteiger partial charge on any atom is 0.312 e. The molecule has 3 saturated heterocycles. The van der Waals surface area contributed by atoms with E-state index < -0.39 is 40.0 Å². The van der Waals surface area contributed by atoms with Gasteiger partial charge in [-0.3, -0.25) is 4.79 Å². The van der Waals surface area contributed by atoms with E-state index in [1.807, 2.05) is 6.92 Å². The summed E-state index contributed by atoms with van der Waals surface area (Å²) in [6.45, 7) is 5.90. The SMILES string of the molecule is CC(C)(O)[C@@H]1[C@H]2C[C@]3(C)[C@@](O)([C@H]4O[C@H]4[C@]34CO4)[C@H]1C(=O)O2. The average molecular weight is 296 g/mol. The maximum absolute atomic E-state index is 12.4. The Kier molecular flexibility index (Phi) is 1.84. The van der Waals surface area contributed by atoms with Gasteiger partial charge in [0.25, 0.3) is 0 Å². The number of carbonyl (C=O) groups is 1. The molecule has 2 saturated carbocycles. The summed E-state index contributed by atoms with van der Waals surface area (Å²) in [6.07, 6.45) is -0.364. The number of ether oxygens (including phenoxy) is 3. The summed E-state index contributed by atoms with van der Waals surface area (Å²) >= 11 is 0. The minimum atomic E-state index is -1.32. The molecule has 2 bridgehead atoms. The molecule has 0 unspecified atom stereocenters. The van der Waals surface area contributed by atoms with E-state index in [1.54, 1.807) is 13.8 Å². The van der Waals surface area contributed by atoms with Gasteiger partial charge in [-0.15, -0.1) is 0 Å². The van der Waals surface area contributed by atoms with Gasteiger partial charge in [-0.2, -0.15) is 0 Å². The lowest BCUT2D eigenvalue weighted by Crippen LogP contribution is -2.66. The predicted octanol–water partition coefficient (Wildman–Crippen LogP) is -0.394. The zero-order valence-corrected chi connectivity index (χ0v) is 12.3. The van der Waals surface area contributed by atoms with Crippen LogP contribution in [0.25, 0.3) is 0 Å². The van der Waals surface area contributed by atoms with E-state index in [9.17, 15) is 15.0 Å². The largest absolute Gasteiger partial charge is 0.462 e. The van der Waals surface area contributed by atoms with Crippen molar-refractivity contribution < 1.29 is 29.2 Å². The quantitative estimate of drug-likeness (QED) is 0.505. The molecule has 5 aliphatic rings. The Morgan fingerprint density at radius 1 is 1.33 bits per heavy atom. The number of hydrogen-bond donors (Lipinski definition) is 2. The smallest absolute Gasteiger partial charge is 0.312 e. The Morgan fingerprint density at radius 2 is 2.00 bits per heavy atom. The molecule has 6 nitrogen and oxygen atoms in total. The second-order valence-corrected chi connectivity index (χ2v) is 8.15. The fraction of sp³-hybridized carbons (Fsp3) is 0.933. The molecular weight excluding hydrogens is 276 g/mol. The van der Waals surface area contributed by atoms with Gasteiger partial charge in [0, 0.05) is 11.3 Å². The molecule has 1 spiro atoms. The minimum absolute atomic E-state index is 0.123. The lowest BCUT2D eigenvalue weighted by molar-refractivity contribution is -0.209. The molecule has 0 amide bonds. The molecule has 116 valence electrons. The van der Waals surface area contributed by atoms with Gasteiger partial charge in [-0.25, -0.2) is 0 Å². The van der Waals surface area contributed by atoms with Crippen molar-refractivity contribution in [3.63, 3.8) is 0 Å². The molecule has 0 aromatic rings. The van der Waals surface area contributed by atoms with Crippen LogP contribution in [-0.4, -0.2) is 57.9 Å². The second-order valence-electron chi connectivity index (χ2n) is 8.15. The van der Waals surface area contributed by atoms with Crippen LogP contribution in [0.1, 0.15) is 27.2 Å². The summed E-state index contributed by atoms with van der Waals surface area (Å²) < 4.78 is 16.9. The van der Waals surface area contributed by atoms with Gasteiger partial charge in [0.05, 0.1) is 18.1 Å². The molecular formula is C15H20O6. The zero-order valence-electron chi connectivity index (χ0n) is 12.3. The molecule has 5 fully saturated rings. The van der Waals surface area contributed by atoms with E-state index in [2.05, 4.69) is 0 Å². The molecule has 6 heteroatoms.